The molecule has 1 N–H and O–H groups in total. The van der Waals surface area contributed by atoms with Gasteiger partial charge >= 0.3 is 5.97 Å². The first-order valence-electron chi connectivity index (χ1n) is 8.04. The molecule has 24 heavy (non-hydrogen) atoms. The van der Waals surface area contributed by atoms with Crippen LogP contribution < -0.4 is 10.1 Å². The summed E-state index contributed by atoms with van der Waals surface area (Å²) in [5, 5.41) is 3.31. The molecular weight excluding hydrogens is 302 g/mol. The van der Waals surface area contributed by atoms with Gasteiger partial charge < -0.3 is 14.8 Å². The number of fused-ring (bicyclic) bond motifs is 1. The van der Waals surface area contributed by atoms with Crippen molar-refractivity contribution in [3.05, 3.63) is 71.8 Å². The number of methoxy groups -OCH3 is 1. The summed E-state index contributed by atoms with van der Waals surface area (Å²) in [6, 6.07) is 13.5. The lowest BCUT2D eigenvalue weighted by Crippen LogP contribution is -2.06. The molecule has 0 amide bonds. The topological polar surface area (TPSA) is 47.6 Å². The molecule has 0 radical (unpaired) electrons. The lowest BCUT2D eigenvalue weighted by atomic mass is 10.1. The summed E-state index contributed by atoms with van der Waals surface area (Å²) in [6.07, 6.45) is 3.76. The van der Waals surface area contributed by atoms with E-state index in [9.17, 15) is 4.79 Å². The Morgan fingerprint density at radius 3 is 3.00 bits per heavy atom. The summed E-state index contributed by atoms with van der Waals surface area (Å²) in [6.45, 7) is 4.45. The summed E-state index contributed by atoms with van der Waals surface area (Å²) in [7, 11) is 1.38. The minimum absolute atomic E-state index is 0.00150. The maximum absolute atomic E-state index is 11.7. The smallest absolute Gasteiger partial charge is 0.337 e. The Labute approximate surface area is 142 Å². The summed E-state index contributed by atoms with van der Waals surface area (Å²) >= 11 is 0. The largest absolute Gasteiger partial charge is 0.486 e. The summed E-state index contributed by atoms with van der Waals surface area (Å²) in [4.78, 5) is 11.7. The van der Waals surface area contributed by atoms with E-state index in [0.717, 1.165) is 25.1 Å². The van der Waals surface area contributed by atoms with Crippen molar-refractivity contribution in [3.8, 4) is 5.75 Å². The van der Waals surface area contributed by atoms with Crippen molar-refractivity contribution in [1.82, 2.24) is 0 Å². The molecule has 0 aromatic heterocycles. The second kappa shape index (κ2) is 7.21. The Hall–Kier alpha value is -2.75. The van der Waals surface area contributed by atoms with E-state index in [2.05, 4.69) is 30.1 Å². The van der Waals surface area contributed by atoms with Gasteiger partial charge in [-0.1, -0.05) is 18.2 Å². The van der Waals surface area contributed by atoms with Gasteiger partial charge in [-0.3, -0.25) is 0 Å². The SMILES string of the molecule is C=CCNc1ccc2c(c1)C(Oc1cccc(C(=O)OC)c1)CC2. The number of benzene rings is 2. The van der Waals surface area contributed by atoms with Crippen LogP contribution in [0.4, 0.5) is 5.69 Å². The van der Waals surface area contributed by atoms with Crippen LogP contribution in [0.5, 0.6) is 5.75 Å². The molecule has 0 bridgehead atoms. The van der Waals surface area contributed by atoms with Gasteiger partial charge in [-0.05, 0) is 54.3 Å². The minimum atomic E-state index is -0.358. The first-order chi connectivity index (χ1) is 11.7. The molecule has 0 saturated heterocycles. The molecule has 0 fully saturated rings. The van der Waals surface area contributed by atoms with Crippen LogP contribution in [-0.2, 0) is 11.2 Å². The van der Waals surface area contributed by atoms with Crippen molar-refractivity contribution in [2.45, 2.75) is 18.9 Å². The summed E-state index contributed by atoms with van der Waals surface area (Å²) < 4.78 is 10.9. The monoisotopic (exact) mass is 323 g/mol. The van der Waals surface area contributed by atoms with Crippen molar-refractivity contribution in [3.63, 3.8) is 0 Å². The summed E-state index contributed by atoms with van der Waals surface area (Å²) in [5.41, 5.74) is 4.07. The number of hydrogen-bond donors (Lipinski definition) is 1. The molecule has 3 rings (SSSR count). The molecule has 1 aliphatic rings. The van der Waals surface area contributed by atoms with Crippen LogP contribution >= 0.6 is 0 Å². The molecule has 0 saturated carbocycles. The molecule has 1 aliphatic carbocycles. The van der Waals surface area contributed by atoms with Crippen LogP contribution in [0.25, 0.3) is 0 Å². The van der Waals surface area contributed by atoms with Gasteiger partial charge in [0.15, 0.2) is 0 Å². The van der Waals surface area contributed by atoms with Gasteiger partial charge in [0.2, 0.25) is 0 Å². The quantitative estimate of drug-likeness (QED) is 0.641. The third-order valence-corrected chi connectivity index (χ3v) is 4.15. The van der Waals surface area contributed by atoms with Gasteiger partial charge in [0.1, 0.15) is 11.9 Å². The van der Waals surface area contributed by atoms with Crippen LogP contribution in [0.3, 0.4) is 0 Å². The highest BCUT2D eigenvalue weighted by atomic mass is 16.5. The first-order valence-corrected chi connectivity index (χ1v) is 8.04. The number of aryl methyl sites for hydroxylation is 1. The zero-order valence-electron chi connectivity index (χ0n) is 13.7. The Bertz CT molecular complexity index is 754. The maximum Gasteiger partial charge on any atom is 0.337 e. The van der Waals surface area contributed by atoms with E-state index in [0.29, 0.717) is 11.3 Å². The fourth-order valence-corrected chi connectivity index (χ4v) is 2.97. The van der Waals surface area contributed by atoms with Crippen LogP contribution in [-0.4, -0.2) is 19.6 Å². The molecule has 4 nitrogen and oxygen atoms in total. The molecule has 0 heterocycles. The Morgan fingerprint density at radius 1 is 1.33 bits per heavy atom. The molecule has 2 aromatic carbocycles. The maximum atomic E-state index is 11.7. The van der Waals surface area contributed by atoms with Crippen LogP contribution in [0.1, 0.15) is 34.0 Å². The number of rotatable bonds is 6. The van der Waals surface area contributed by atoms with Gasteiger partial charge in [-0.2, -0.15) is 0 Å². The van der Waals surface area contributed by atoms with E-state index in [4.69, 9.17) is 9.47 Å². The number of esters is 1. The number of hydrogen-bond acceptors (Lipinski definition) is 4. The minimum Gasteiger partial charge on any atom is -0.486 e. The van der Waals surface area contributed by atoms with Gasteiger partial charge in [-0.25, -0.2) is 4.79 Å². The molecule has 2 aromatic rings. The second-order valence-electron chi connectivity index (χ2n) is 5.75. The van der Waals surface area contributed by atoms with Gasteiger partial charge in [-0.15, -0.1) is 6.58 Å². The van der Waals surface area contributed by atoms with E-state index in [-0.39, 0.29) is 12.1 Å². The Balaban J connectivity index is 1.79. The first kappa shape index (κ1) is 16.1. The van der Waals surface area contributed by atoms with E-state index in [1.54, 1.807) is 18.2 Å². The molecule has 0 aliphatic heterocycles. The van der Waals surface area contributed by atoms with Crippen molar-refractivity contribution in [2.75, 3.05) is 19.0 Å². The fraction of sp³-hybridized carbons (Fsp3) is 0.250. The summed E-state index contributed by atoms with van der Waals surface area (Å²) in [5.74, 6) is 0.323. The zero-order chi connectivity index (χ0) is 16.9. The predicted octanol–water partition coefficient (Wildman–Crippen LogP) is 4.14. The highest BCUT2D eigenvalue weighted by molar-refractivity contribution is 5.89. The molecule has 1 unspecified atom stereocenters. The van der Waals surface area contributed by atoms with Crippen LogP contribution in [0, 0.1) is 0 Å². The van der Waals surface area contributed by atoms with Crippen molar-refractivity contribution in [2.24, 2.45) is 0 Å². The number of ether oxygens (including phenoxy) is 2. The van der Waals surface area contributed by atoms with E-state index >= 15 is 0 Å². The number of anilines is 1. The third kappa shape index (κ3) is 3.43. The second-order valence-corrected chi connectivity index (χ2v) is 5.75. The third-order valence-electron chi connectivity index (χ3n) is 4.15. The molecule has 0 spiro atoms. The Kier molecular flexibility index (Phi) is 4.85. The normalized spacial score (nSPS) is 15.5. The molecular formula is C20H21NO3. The molecule has 124 valence electrons. The fourth-order valence-electron chi connectivity index (χ4n) is 2.97. The average molecular weight is 323 g/mol. The number of nitrogens with one attached hydrogen (secondary N) is 1. The average Bonchev–Trinajstić information content (AvgIpc) is 3.01. The lowest BCUT2D eigenvalue weighted by molar-refractivity contribution is 0.0600. The molecule has 1 atom stereocenters. The highest BCUT2D eigenvalue weighted by Gasteiger charge is 2.24. The van der Waals surface area contributed by atoms with Gasteiger partial charge in [0.05, 0.1) is 12.7 Å². The predicted molar refractivity (Wildman–Crippen MR) is 94.6 cm³/mol. The Morgan fingerprint density at radius 2 is 2.21 bits per heavy atom. The van der Waals surface area contributed by atoms with Crippen LogP contribution in [0.15, 0.2) is 55.1 Å². The van der Waals surface area contributed by atoms with Crippen molar-refractivity contribution >= 4 is 11.7 Å². The number of carbonyl (C=O) groups excluding carboxylic acids is 1. The standard InChI is InChI=1S/C20H21NO3/c1-3-11-21-16-9-7-14-8-10-19(18(14)13-16)24-17-6-4-5-15(12-17)20(22)23-2/h3-7,9,12-13,19,21H,1,8,10-11H2,2H3. The van der Waals surface area contributed by atoms with E-state index in [1.165, 1.54) is 18.2 Å². The highest BCUT2D eigenvalue weighted by Crippen LogP contribution is 2.36. The van der Waals surface area contributed by atoms with E-state index in [1.807, 2.05) is 12.1 Å². The van der Waals surface area contributed by atoms with Crippen LogP contribution in [0.2, 0.25) is 0 Å². The van der Waals surface area contributed by atoms with Gasteiger partial charge in [0, 0.05) is 12.2 Å². The zero-order valence-corrected chi connectivity index (χ0v) is 13.7. The molecule has 4 heteroatoms. The van der Waals surface area contributed by atoms with Gasteiger partial charge in [0.25, 0.3) is 0 Å². The van der Waals surface area contributed by atoms with Crippen molar-refractivity contribution < 1.29 is 14.3 Å². The van der Waals surface area contributed by atoms with E-state index < -0.39 is 0 Å². The van der Waals surface area contributed by atoms with Crippen molar-refractivity contribution in [1.29, 1.82) is 0 Å². The number of carbonyl (C=O) groups is 1. The lowest BCUT2D eigenvalue weighted by Gasteiger charge is -2.16.